The molecule has 2 fully saturated rings. The number of amides is 5. The van der Waals surface area contributed by atoms with Gasteiger partial charge in [0.05, 0.1) is 25.5 Å². The second kappa shape index (κ2) is 18.8. The van der Waals surface area contributed by atoms with Crippen LogP contribution in [0.1, 0.15) is 112 Å². The second-order valence-electron chi connectivity index (χ2n) is 14.0. The molecular weight excluding hydrogens is 594 g/mol. The first-order valence-electron chi connectivity index (χ1n) is 17.0. The van der Waals surface area contributed by atoms with E-state index in [1.54, 1.807) is 25.7 Å². The number of aliphatic hydroxyl groups excluding tert-OH is 1. The lowest BCUT2D eigenvalue weighted by Gasteiger charge is -2.33. The number of hydrogen-bond acceptors (Lipinski definition) is 7. The summed E-state index contributed by atoms with van der Waals surface area (Å²) in [6.45, 7) is 9.78. The monoisotopic (exact) mass is 651 g/mol. The molecule has 1 aliphatic carbocycles. The van der Waals surface area contributed by atoms with Crippen molar-refractivity contribution in [2.45, 2.75) is 136 Å². The quantitative estimate of drug-likeness (QED) is 0.137. The molecular formula is C33H57N5O8. The third-order valence-corrected chi connectivity index (χ3v) is 9.16. The van der Waals surface area contributed by atoms with Crippen LogP contribution in [0.25, 0.3) is 0 Å². The van der Waals surface area contributed by atoms with Crippen molar-refractivity contribution in [3.05, 3.63) is 0 Å². The molecule has 0 spiro atoms. The predicted octanol–water partition coefficient (Wildman–Crippen LogP) is 1.86. The third kappa shape index (κ3) is 12.5. The lowest BCUT2D eigenvalue weighted by atomic mass is 9.85. The van der Waals surface area contributed by atoms with E-state index in [1.165, 1.54) is 0 Å². The Balaban J connectivity index is 2.27. The summed E-state index contributed by atoms with van der Waals surface area (Å²) in [6.07, 6.45) is 7.48. The lowest BCUT2D eigenvalue weighted by Crippen LogP contribution is -2.60. The Kier molecular flexibility index (Phi) is 15.9. The van der Waals surface area contributed by atoms with E-state index < -0.39 is 66.1 Å². The molecule has 1 heterocycles. The largest absolute Gasteiger partial charge is 0.481 e. The van der Waals surface area contributed by atoms with Crippen LogP contribution in [0.4, 0.5) is 0 Å². The van der Waals surface area contributed by atoms with Gasteiger partial charge in [-0.2, -0.15) is 0 Å². The molecule has 0 bridgehead atoms. The number of nitrogens with zero attached hydrogens (tertiary/aromatic N) is 1. The van der Waals surface area contributed by atoms with Crippen LogP contribution in [0.5, 0.6) is 0 Å². The molecule has 5 amide bonds. The maximum atomic E-state index is 13.7. The van der Waals surface area contributed by atoms with E-state index in [0.29, 0.717) is 38.3 Å². The summed E-state index contributed by atoms with van der Waals surface area (Å²) in [4.78, 5) is 80.1. The Hall–Kier alpha value is -3.22. The van der Waals surface area contributed by atoms with Crippen molar-refractivity contribution in [3.8, 4) is 0 Å². The number of nitrogens with one attached hydrogen (secondary N) is 4. The molecule has 0 radical (unpaired) electrons. The molecule has 6 N–H and O–H groups in total. The van der Waals surface area contributed by atoms with Gasteiger partial charge in [-0.15, -0.1) is 0 Å². The van der Waals surface area contributed by atoms with Crippen molar-refractivity contribution in [1.29, 1.82) is 0 Å². The molecule has 2 rings (SSSR count). The summed E-state index contributed by atoms with van der Waals surface area (Å²) < 4.78 is 0. The molecule has 46 heavy (non-hydrogen) atoms. The van der Waals surface area contributed by atoms with E-state index in [4.69, 9.17) is 0 Å². The van der Waals surface area contributed by atoms with Crippen LogP contribution in [0.15, 0.2) is 0 Å². The number of carboxylic acids is 1. The molecule has 1 aliphatic heterocycles. The van der Waals surface area contributed by atoms with E-state index in [9.17, 15) is 39.0 Å². The summed E-state index contributed by atoms with van der Waals surface area (Å²) in [5.74, 6) is -4.30. The fourth-order valence-electron chi connectivity index (χ4n) is 6.29. The topological polar surface area (TPSA) is 194 Å². The van der Waals surface area contributed by atoms with Crippen LogP contribution in [-0.4, -0.2) is 94.5 Å². The number of aliphatic carboxylic acids is 1. The first-order chi connectivity index (χ1) is 21.7. The van der Waals surface area contributed by atoms with Crippen LogP contribution >= 0.6 is 0 Å². The summed E-state index contributed by atoms with van der Waals surface area (Å²) >= 11 is 0. The van der Waals surface area contributed by atoms with Crippen molar-refractivity contribution < 1.29 is 39.0 Å². The van der Waals surface area contributed by atoms with E-state index in [-0.39, 0.29) is 24.3 Å². The summed E-state index contributed by atoms with van der Waals surface area (Å²) in [7, 11) is 0. The molecule has 13 heteroatoms. The smallest absolute Gasteiger partial charge is 0.305 e. The Morgan fingerprint density at radius 3 is 1.80 bits per heavy atom. The minimum Gasteiger partial charge on any atom is -0.481 e. The number of aliphatic hydroxyl groups is 1. The zero-order valence-corrected chi connectivity index (χ0v) is 28.4. The molecule has 13 nitrogen and oxygen atoms in total. The highest BCUT2D eigenvalue weighted by atomic mass is 16.4. The zero-order valence-electron chi connectivity index (χ0n) is 28.4. The van der Waals surface area contributed by atoms with E-state index in [2.05, 4.69) is 21.3 Å². The first kappa shape index (κ1) is 39.0. The standard InChI is InChI=1S/C33H57N5O8/c1-6-22(7-2)29(43)37-28(33(3,4)5)32(46)36-24(18-26(40)38-15-11-12-16-38)31(45)35-25(19-27(41)42)30(44)34-23(20-39)17-21-13-9-8-10-14-21/h21-25,28,39H,6-20H2,1-5H3,(H,34,44)(H,35,45)(H,36,46)(H,37,43)(H,41,42). The molecule has 0 aromatic heterocycles. The molecule has 1 saturated heterocycles. The number of carbonyl (C=O) groups is 6. The van der Waals surface area contributed by atoms with Gasteiger partial charge in [0.25, 0.3) is 0 Å². The molecule has 0 aromatic carbocycles. The summed E-state index contributed by atoms with van der Waals surface area (Å²) in [5.41, 5.74) is -0.755. The highest BCUT2D eigenvalue weighted by molar-refractivity contribution is 5.97. The minimum atomic E-state index is -1.51. The molecule has 1 saturated carbocycles. The van der Waals surface area contributed by atoms with Crippen LogP contribution in [0, 0.1) is 17.3 Å². The fourth-order valence-corrected chi connectivity index (χ4v) is 6.29. The van der Waals surface area contributed by atoms with Crippen molar-refractivity contribution in [2.75, 3.05) is 19.7 Å². The normalized spacial score (nSPS) is 18.3. The first-order valence-corrected chi connectivity index (χ1v) is 17.0. The van der Waals surface area contributed by atoms with E-state index in [1.807, 2.05) is 13.8 Å². The molecule has 262 valence electrons. The maximum absolute atomic E-state index is 13.7. The fraction of sp³-hybridized carbons (Fsp3) is 0.818. The van der Waals surface area contributed by atoms with Crippen molar-refractivity contribution >= 4 is 35.5 Å². The number of likely N-dealkylation sites (tertiary alicyclic amines) is 1. The molecule has 4 unspecified atom stereocenters. The van der Waals surface area contributed by atoms with Gasteiger partial charge in [-0.05, 0) is 43.4 Å². The number of carbonyl (C=O) groups excluding carboxylic acids is 5. The van der Waals surface area contributed by atoms with E-state index in [0.717, 1.165) is 44.9 Å². The maximum Gasteiger partial charge on any atom is 0.305 e. The van der Waals surface area contributed by atoms with Gasteiger partial charge in [0.1, 0.15) is 18.1 Å². The lowest BCUT2D eigenvalue weighted by molar-refractivity contribution is -0.142. The minimum absolute atomic E-state index is 0.293. The molecule has 0 aromatic rings. The van der Waals surface area contributed by atoms with E-state index >= 15 is 0 Å². The van der Waals surface area contributed by atoms with Crippen molar-refractivity contribution in [2.24, 2.45) is 17.3 Å². The molecule has 2 aliphatic rings. The second-order valence-corrected chi connectivity index (χ2v) is 14.0. The van der Waals surface area contributed by atoms with Crippen LogP contribution < -0.4 is 21.3 Å². The van der Waals surface area contributed by atoms with Crippen LogP contribution in [0.3, 0.4) is 0 Å². The number of hydrogen-bond donors (Lipinski definition) is 6. The molecule has 4 atom stereocenters. The number of carboxylic acid groups (broad SMARTS) is 1. The highest BCUT2D eigenvalue weighted by Crippen LogP contribution is 2.27. The van der Waals surface area contributed by atoms with Gasteiger partial charge >= 0.3 is 5.97 Å². The third-order valence-electron chi connectivity index (χ3n) is 9.16. The Morgan fingerprint density at radius 2 is 1.28 bits per heavy atom. The van der Waals surface area contributed by atoms with Gasteiger partial charge in [0.15, 0.2) is 0 Å². The Morgan fingerprint density at radius 1 is 0.739 bits per heavy atom. The average Bonchev–Trinajstić information content (AvgIpc) is 3.54. The summed E-state index contributed by atoms with van der Waals surface area (Å²) in [6, 6.07) is -4.60. The zero-order chi connectivity index (χ0) is 34.4. The SMILES string of the molecule is CCC(CC)C(=O)NC(C(=O)NC(CC(=O)N1CCCC1)C(=O)NC(CC(=O)O)C(=O)NC(CO)CC1CCCCC1)C(C)(C)C. The van der Waals surface area contributed by atoms with Gasteiger partial charge in [-0.1, -0.05) is 66.7 Å². The number of rotatable bonds is 17. The predicted molar refractivity (Wildman–Crippen MR) is 172 cm³/mol. The van der Waals surface area contributed by atoms with Gasteiger partial charge in [-0.25, -0.2) is 0 Å². The van der Waals surface area contributed by atoms with Gasteiger partial charge in [-0.3, -0.25) is 28.8 Å². The Labute approximate surface area is 273 Å². The van der Waals surface area contributed by atoms with Crippen molar-refractivity contribution in [3.63, 3.8) is 0 Å². The van der Waals surface area contributed by atoms with Crippen LogP contribution in [-0.2, 0) is 28.8 Å². The van der Waals surface area contributed by atoms with Gasteiger partial charge < -0.3 is 36.4 Å². The van der Waals surface area contributed by atoms with Crippen molar-refractivity contribution in [1.82, 2.24) is 26.2 Å². The summed E-state index contributed by atoms with van der Waals surface area (Å²) in [5, 5.41) is 30.1. The van der Waals surface area contributed by atoms with Gasteiger partial charge in [0.2, 0.25) is 29.5 Å². The average molecular weight is 652 g/mol. The Bertz CT molecular complexity index is 1050. The highest BCUT2D eigenvalue weighted by Gasteiger charge is 2.38. The van der Waals surface area contributed by atoms with Crippen LogP contribution in [0.2, 0.25) is 0 Å². The van der Waals surface area contributed by atoms with Gasteiger partial charge in [0, 0.05) is 19.0 Å².